The number of rotatable bonds is 2. The smallest absolute Gasteiger partial charge is 0.326 e. The summed E-state index contributed by atoms with van der Waals surface area (Å²) in [6.45, 7) is 10.1. The monoisotopic (exact) mass is 272 g/mol. The van der Waals surface area contributed by atoms with Gasteiger partial charge in [0.1, 0.15) is 6.04 Å². The molecule has 0 bridgehead atoms. The standard InChI is InChI=1S/C13H24N2O4/c1-8-7-19-9(2)6-15(8)12(18)14-10(11(16)17)13(3,4)5/h8-10H,6-7H2,1-5H3,(H,14,18)(H,16,17)/t8?,9?,10-/m0/s1. The zero-order chi connectivity index (χ0) is 14.8. The number of carboxylic acid groups (broad SMARTS) is 1. The topological polar surface area (TPSA) is 78.9 Å². The lowest BCUT2D eigenvalue weighted by molar-refractivity contribution is -0.142. The Labute approximate surface area is 114 Å². The van der Waals surface area contributed by atoms with E-state index < -0.39 is 17.4 Å². The lowest BCUT2D eigenvalue weighted by Crippen LogP contribution is -2.58. The molecule has 6 nitrogen and oxygen atoms in total. The Hall–Kier alpha value is -1.30. The zero-order valence-corrected chi connectivity index (χ0v) is 12.3. The van der Waals surface area contributed by atoms with Gasteiger partial charge in [0.15, 0.2) is 0 Å². The van der Waals surface area contributed by atoms with E-state index in [0.29, 0.717) is 13.2 Å². The molecular weight excluding hydrogens is 248 g/mol. The van der Waals surface area contributed by atoms with Crippen LogP contribution in [-0.2, 0) is 9.53 Å². The summed E-state index contributed by atoms with van der Waals surface area (Å²) in [6, 6.07) is -1.30. The third-order valence-electron chi connectivity index (χ3n) is 3.25. The van der Waals surface area contributed by atoms with Crippen molar-refractivity contribution in [3.8, 4) is 0 Å². The van der Waals surface area contributed by atoms with Crippen LogP contribution in [0.5, 0.6) is 0 Å². The number of carbonyl (C=O) groups excluding carboxylic acids is 1. The molecule has 1 fully saturated rings. The number of amides is 2. The van der Waals surface area contributed by atoms with Crippen molar-refractivity contribution >= 4 is 12.0 Å². The average Bonchev–Trinajstić information content (AvgIpc) is 2.26. The first-order valence-electron chi connectivity index (χ1n) is 6.54. The van der Waals surface area contributed by atoms with Crippen molar-refractivity contribution in [2.45, 2.75) is 52.8 Å². The number of hydrogen-bond donors (Lipinski definition) is 2. The molecule has 1 rings (SSSR count). The van der Waals surface area contributed by atoms with Crippen LogP contribution in [0.25, 0.3) is 0 Å². The van der Waals surface area contributed by atoms with Gasteiger partial charge in [-0.3, -0.25) is 0 Å². The maximum Gasteiger partial charge on any atom is 0.326 e. The molecule has 19 heavy (non-hydrogen) atoms. The Morgan fingerprint density at radius 1 is 1.37 bits per heavy atom. The van der Waals surface area contributed by atoms with Gasteiger partial charge in [0.05, 0.1) is 18.8 Å². The van der Waals surface area contributed by atoms with E-state index in [9.17, 15) is 14.7 Å². The zero-order valence-electron chi connectivity index (χ0n) is 12.3. The molecule has 1 aliphatic rings. The van der Waals surface area contributed by atoms with Crippen molar-refractivity contribution in [3.05, 3.63) is 0 Å². The molecule has 1 heterocycles. The summed E-state index contributed by atoms with van der Waals surface area (Å²) in [5, 5.41) is 11.8. The third kappa shape index (κ3) is 4.09. The van der Waals surface area contributed by atoms with E-state index >= 15 is 0 Å². The Morgan fingerprint density at radius 2 is 1.95 bits per heavy atom. The number of carboxylic acids is 1. The van der Waals surface area contributed by atoms with Crippen LogP contribution >= 0.6 is 0 Å². The minimum atomic E-state index is -1.02. The van der Waals surface area contributed by atoms with Crippen molar-refractivity contribution in [1.29, 1.82) is 0 Å². The fourth-order valence-electron chi connectivity index (χ4n) is 2.04. The van der Waals surface area contributed by atoms with Gasteiger partial charge in [-0.1, -0.05) is 20.8 Å². The van der Waals surface area contributed by atoms with Crippen molar-refractivity contribution < 1.29 is 19.4 Å². The van der Waals surface area contributed by atoms with Crippen LogP contribution in [0.15, 0.2) is 0 Å². The van der Waals surface area contributed by atoms with Gasteiger partial charge in [0.25, 0.3) is 0 Å². The molecule has 2 amide bonds. The fourth-order valence-corrected chi connectivity index (χ4v) is 2.04. The summed E-state index contributed by atoms with van der Waals surface area (Å²) in [6.07, 6.45) is -0.0279. The van der Waals surface area contributed by atoms with Gasteiger partial charge >= 0.3 is 12.0 Å². The Balaban J connectivity index is 2.74. The molecule has 0 aromatic rings. The first kappa shape index (κ1) is 15.8. The molecule has 2 N–H and O–H groups in total. The van der Waals surface area contributed by atoms with Gasteiger partial charge < -0.3 is 20.1 Å². The number of urea groups is 1. The normalized spacial score (nSPS) is 25.8. The first-order chi connectivity index (χ1) is 8.62. The average molecular weight is 272 g/mol. The molecule has 2 unspecified atom stereocenters. The number of nitrogens with one attached hydrogen (secondary N) is 1. The number of carbonyl (C=O) groups is 2. The summed E-state index contributed by atoms with van der Waals surface area (Å²) >= 11 is 0. The lowest BCUT2D eigenvalue weighted by Gasteiger charge is -2.38. The van der Waals surface area contributed by atoms with E-state index in [1.54, 1.807) is 25.7 Å². The van der Waals surface area contributed by atoms with E-state index in [2.05, 4.69) is 5.32 Å². The van der Waals surface area contributed by atoms with Crippen LogP contribution in [-0.4, -0.2) is 53.3 Å². The summed E-state index contributed by atoms with van der Waals surface area (Å²) in [4.78, 5) is 25.1. The molecule has 3 atom stereocenters. The number of nitrogens with zero attached hydrogens (tertiary/aromatic N) is 1. The van der Waals surface area contributed by atoms with Gasteiger partial charge in [0, 0.05) is 6.54 Å². The Morgan fingerprint density at radius 3 is 2.42 bits per heavy atom. The molecule has 0 radical (unpaired) electrons. The van der Waals surface area contributed by atoms with Crippen LogP contribution in [0.4, 0.5) is 4.79 Å². The molecule has 110 valence electrons. The number of morpholine rings is 1. The Bertz CT molecular complexity index is 351. The molecule has 1 saturated heterocycles. The largest absolute Gasteiger partial charge is 0.480 e. The van der Waals surface area contributed by atoms with Crippen molar-refractivity contribution in [3.63, 3.8) is 0 Å². The van der Waals surface area contributed by atoms with Crippen LogP contribution < -0.4 is 5.32 Å². The van der Waals surface area contributed by atoms with Crippen LogP contribution in [0.1, 0.15) is 34.6 Å². The second-order valence-electron chi connectivity index (χ2n) is 6.23. The second-order valence-corrected chi connectivity index (χ2v) is 6.23. The van der Waals surface area contributed by atoms with Gasteiger partial charge in [-0.2, -0.15) is 0 Å². The minimum Gasteiger partial charge on any atom is -0.480 e. The molecule has 0 spiro atoms. The van der Waals surface area contributed by atoms with Gasteiger partial charge in [-0.15, -0.1) is 0 Å². The van der Waals surface area contributed by atoms with E-state index in [4.69, 9.17) is 4.74 Å². The highest BCUT2D eigenvalue weighted by Gasteiger charge is 2.35. The summed E-state index contributed by atoms with van der Waals surface area (Å²) < 4.78 is 5.45. The molecule has 6 heteroatoms. The highest BCUT2D eigenvalue weighted by molar-refractivity contribution is 5.83. The van der Waals surface area contributed by atoms with Crippen LogP contribution in [0.2, 0.25) is 0 Å². The van der Waals surface area contributed by atoms with Crippen molar-refractivity contribution in [2.24, 2.45) is 5.41 Å². The minimum absolute atomic E-state index is 0.0279. The van der Waals surface area contributed by atoms with Gasteiger partial charge in [0.2, 0.25) is 0 Å². The maximum absolute atomic E-state index is 12.2. The third-order valence-corrected chi connectivity index (χ3v) is 3.25. The van der Waals surface area contributed by atoms with E-state index in [1.165, 1.54) is 0 Å². The highest BCUT2D eigenvalue weighted by Crippen LogP contribution is 2.20. The predicted octanol–water partition coefficient (Wildman–Crippen LogP) is 1.30. The van der Waals surface area contributed by atoms with Crippen LogP contribution in [0, 0.1) is 5.41 Å². The number of hydrogen-bond acceptors (Lipinski definition) is 3. The van der Waals surface area contributed by atoms with Crippen molar-refractivity contribution in [1.82, 2.24) is 10.2 Å². The quantitative estimate of drug-likeness (QED) is 0.794. The SMILES string of the molecule is CC1CN(C(=O)N[C@@H](C(=O)O)C(C)(C)C)C(C)CO1. The summed E-state index contributed by atoms with van der Waals surface area (Å²) in [7, 11) is 0. The Kier molecular flexibility index (Phi) is 4.79. The summed E-state index contributed by atoms with van der Waals surface area (Å²) in [5.74, 6) is -1.02. The van der Waals surface area contributed by atoms with Crippen LogP contribution in [0.3, 0.4) is 0 Å². The molecule has 1 aliphatic heterocycles. The predicted molar refractivity (Wildman–Crippen MR) is 71.0 cm³/mol. The van der Waals surface area contributed by atoms with Gasteiger partial charge in [-0.05, 0) is 19.3 Å². The fraction of sp³-hybridized carbons (Fsp3) is 0.846. The molecule has 0 aromatic heterocycles. The lowest BCUT2D eigenvalue weighted by atomic mass is 9.87. The molecule has 0 aliphatic carbocycles. The first-order valence-corrected chi connectivity index (χ1v) is 6.54. The molecule has 0 aromatic carbocycles. The number of ether oxygens (including phenoxy) is 1. The summed E-state index contributed by atoms with van der Waals surface area (Å²) in [5.41, 5.74) is -0.539. The van der Waals surface area contributed by atoms with Crippen molar-refractivity contribution in [2.75, 3.05) is 13.2 Å². The van der Waals surface area contributed by atoms with E-state index in [-0.39, 0.29) is 18.2 Å². The van der Waals surface area contributed by atoms with Gasteiger partial charge in [-0.25, -0.2) is 9.59 Å². The van der Waals surface area contributed by atoms with E-state index in [0.717, 1.165) is 0 Å². The molecule has 0 saturated carbocycles. The highest BCUT2D eigenvalue weighted by atomic mass is 16.5. The molecular formula is C13H24N2O4. The number of aliphatic carboxylic acids is 1. The van der Waals surface area contributed by atoms with E-state index in [1.807, 2.05) is 13.8 Å². The maximum atomic E-state index is 12.2. The second kappa shape index (κ2) is 5.77.